The van der Waals surface area contributed by atoms with Crippen molar-refractivity contribution in [2.45, 2.75) is 90.2 Å². The van der Waals surface area contributed by atoms with Gasteiger partial charge < -0.3 is 19.1 Å². The Morgan fingerprint density at radius 2 is 1.69 bits per heavy atom. The first-order chi connectivity index (χ1) is 23.7. The van der Waals surface area contributed by atoms with Gasteiger partial charge in [-0.05, 0) is 114 Å². The average Bonchev–Trinajstić information content (AvgIpc) is 3.61. The maximum absolute atomic E-state index is 14.4. The first kappa shape index (κ1) is 34.9. The maximum Gasteiger partial charge on any atom is 0.409 e. The van der Waals surface area contributed by atoms with E-state index in [1.807, 2.05) is 47.1 Å². The van der Waals surface area contributed by atoms with Crippen molar-refractivity contribution in [2.75, 3.05) is 45.4 Å². The van der Waals surface area contributed by atoms with Crippen molar-refractivity contribution < 1.29 is 23.8 Å². The molecule has 1 aliphatic heterocycles. The van der Waals surface area contributed by atoms with Gasteiger partial charge in [0.1, 0.15) is 11.6 Å². The van der Waals surface area contributed by atoms with Gasteiger partial charge in [-0.2, -0.15) is 5.10 Å². The summed E-state index contributed by atoms with van der Waals surface area (Å²) in [4.78, 5) is 40.1. The lowest BCUT2D eigenvalue weighted by molar-refractivity contribution is -0.124. The highest BCUT2D eigenvalue weighted by atomic mass is 16.6. The zero-order chi connectivity index (χ0) is 34.5. The van der Waals surface area contributed by atoms with E-state index in [-0.39, 0.29) is 36.0 Å². The molecule has 0 unspecified atom stereocenters. The molecular formula is C38H52N6O5. The highest BCUT2D eigenvalue weighted by Gasteiger charge is 2.35. The third-order valence-electron chi connectivity index (χ3n) is 10.8. The molecule has 3 aromatic rings. The summed E-state index contributed by atoms with van der Waals surface area (Å²) in [6.07, 6.45) is 13.0. The number of aryl methyl sites for hydroxylation is 1. The van der Waals surface area contributed by atoms with E-state index in [1.54, 1.807) is 19.1 Å². The Bertz CT molecular complexity index is 1570. The summed E-state index contributed by atoms with van der Waals surface area (Å²) in [5.41, 5.74) is 4.07. The minimum absolute atomic E-state index is 0.0817. The Morgan fingerprint density at radius 3 is 2.35 bits per heavy atom. The summed E-state index contributed by atoms with van der Waals surface area (Å²) in [6.45, 7) is 8.44. The van der Waals surface area contributed by atoms with Gasteiger partial charge in [-0.15, -0.1) is 0 Å². The minimum Gasteiger partial charge on any atom is -0.495 e. The third kappa shape index (κ3) is 8.25. The lowest BCUT2D eigenvalue weighted by atomic mass is 9.79. The number of amides is 2. The summed E-state index contributed by atoms with van der Waals surface area (Å²) in [7, 11) is 3.34. The predicted molar refractivity (Wildman–Crippen MR) is 188 cm³/mol. The maximum atomic E-state index is 14.4. The van der Waals surface area contributed by atoms with Crippen molar-refractivity contribution in [1.29, 1.82) is 0 Å². The van der Waals surface area contributed by atoms with E-state index in [2.05, 4.69) is 31.2 Å². The number of likely N-dealkylation sites (tertiary alicyclic amines) is 1. The molecule has 0 bridgehead atoms. The molecule has 3 aliphatic rings. The van der Waals surface area contributed by atoms with E-state index in [0.29, 0.717) is 43.9 Å². The standard InChI is InChI=1S/C38H52N6O5/c1-25(2)44-21-32(19-40-44)31-16-17-39-36(18-31)43(20-27-6-10-29(11-7-27)34-14-15-35(48-5)26(3)41-34)37(45)30-12-8-28(9-13-30)24-49-38(46)42-22-33(23-42)47-4/h14-19,21,25,27-30,33H,6-13,20,22-24H2,1-5H3. The van der Waals surface area contributed by atoms with E-state index in [0.717, 1.165) is 79.6 Å². The minimum atomic E-state index is -0.268. The van der Waals surface area contributed by atoms with Crippen molar-refractivity contribution in [2.24, 2.45) is 17.8 Å². The van der Waals surface area contributed by atoms with Gasteiger partial charge in [0.05, 0.1) is 44.8 Å². The quantitative estimate of drug-likeness (QED) is 0.218. The van der Waals surface area contributed by atoms with Crippen LogP contribution in [0.15, 0.2) is 42.9 Å². The largest absolute Gasteiger partial charge is 0.495 e. The number of pyridine rings is 2. The van der Waals surface area contributed by atoms with Crippen LogP contribution >= 0.6 is 0 Å². The molecule has 0 radical (unpaired) electrons. The molecule has 0 N–H and O–H groups in total. The van der Waals surface area contributed by atoms with Gasteiger partial charge in [-0.25, -0.2) is 9.78 Å². The zero-order valence-electron chi connectivity index (χ0n) is 29.7. The van der Waals surface area contributed by atoms with Crippen LogP contribution in [0.3, 0.4) is 0 Å². The van der Waals surface area contributed by atoms with Crippen LogP contribution in [0.5, 0.6) is 5.75 Å². The molecule has 0 aromatic carbocycles. The normalized spacial score (nSPS) is 22.9. The highest BCUT2D eigenvalue weighted by molar-refractivity contribution is 5.94. The molecule has 4 heterocycles. The summed E-state index contributed by atoms with van der Waals surface area (Å²) in [5, 5.41) is 4.54. The van der Waals surface area contributed by atoms with Crippen molar-refractivity contribution in [3.63, 3.8) is 0 Å². The van der Waals surface area contributed by atoms with Gasteiger partial charge in [-0.3, -0.25) is 19.4 Å². The average molecular weight is 673 g/mol. The number of aromatic nitrogens is 4. The summed E-state index contributed by atoms with van der Waals surface area (Å²) >= 11 is 0. The zero-order valence-corrected chi connectivity index (χ0v) is 29.7. The molecule has 6 rings (SSSR count). The molecular weight excluding hydrogens is 620 g/mol. The second-order valence-corrected chi connectivity index (χ2v) is 14.5. The van der Waals surface area contributed by atoms with Crippen LogP contribution in [-0.2, 0) is 14.3 Å². The number of methoxy groups -OCH3 is 2. The smallest absolute Gasteiger partial charge is 0.409 e. The number of hydrogen-bond acceptors (Lipinski definition) is 8. The number of carbonyl (C=O) groups is 2. The SMILES string of the molecule is COc1ccc(C2CCC(CN(C(=O)C3CCC(COC(=O)N4CC(OC)C4)CC3)c3cc(-c4cnn(C(C)C)c4)ccn3)CC2)nc1C. The van der Waals surface area contributed by atoms with Crippen LogP contribution in [0.1, 0.15) is 88.6 Å². The second-order valence-electron chi connectivity index (χ2n) is 14.5. The Labute approximate surface area is 290 Å². The Kier molecular flexibility index (Phi) is 11.2. The van der Waals surface area contributed by atoms with Crippen molar-refractivity contribution in [3.05, 3.63) is 54.2 Å². The van der Waals surface area contributed by atoms with Crippen LogP contribution < -0.4 is 9.64 Å². The number of anilines is 1. The van der Waals surface area contributed by atoms with Crippen LogP contribution in [0, 0.1) is 24.7 Å². The van der Waals surface area contributed by atoms with E-state index in [4.69, 9.17) is 24.2 Å². The lowest BCUT2D eigenvalue weighted by Crippen LogP contribution is -2.54. The summed E-state index contributed by atoms with van der Waals surface area (Å²) in [6, 6.07) is 8.42. The van der Waals surface area contributed by atoms with Crippen molar-refractivity contribution in [3.8, 4) is 16.9 Å². The molecule has 2 saturated carbocycles. The van der Waals surface area contributed by atoms with Gasteiger partial charge in [-0.1, -0.05) is 0 Å². The van der Waals surface area contributed by atoms with Crippen molar-refractivity contribution in [1.82, 2.24) is 24.6 Å². The van der Waals surface area contributed by atoms with E-state index in [1.165, 1.54) is 0 Å². The monoisotopic (exact) mass is 672 g/mol. The van der Waals surface area contributed by atoms with Gasteiger partial charge in [0.25, 0.3) is 0 Å². The molecule has 2 amide bonds. The van der Waals surface area contributed by atoms with E-state index < -0.39 is 0 Å². The molecule has 3 fully saturated rings. The second kappa shape index (κ2) is 15.7. The fourth-order valence-electron chi connectivity index (χ4n) is 7.53. The fraction of sp³-hybridized carbons (Fsp3) is 0.605. The Morgan fingerprint density at radius 1 is 0.959 bits per heavy atom. The molecule has 3 aromatic heterocycles. The highest BCUT2D eigenvalue weighted by Crippen LogP contribution is 2.38. The topological polar surface area (TPSA) is 112 Å². The number of carbonyl (C=O) groups excluding carboxylic acids is 2. The summed E-state index contributed by atoms with van der Waals surface area (Å²) in [5.74, 6) is 2.65. The number of ether oxygens (including phenoxy) is 3. The molecule has 0 atom stereocenters. The molecule has 0 spiro atoms. The molecule has 11 nitrogen and oxygen atoms in total. The Balaban J connectivity index is 1.12. The molecule has 264 valence electrons. The molecule has 49 heavy (non-hydrogen) atoms. The van der Waals surface area contributed by atoms with E-state index >= 15 is 0 Å². The van der Waals surface area contributed by atoms with Gasteiger partial charge >= 0.3 is 6.09 Å². The van der Waals surface area contributed by atoms with Crippen LogP contribution in [-0.4, -0.2) is 83.2 Å². The number of rotatable bonds is 11. The Hall–Kier alpha value is -3.99. The molecule has 11 heteroatoms. The predicted octanol–water partition coefficient (Wildman–Crippen LogP) is 6.82. The number of nitrogens with zero attached hydrogens (tertiary/aromatic N) is 6. The molecule has 1 saturated heterocycles. The van der Waals surface area contributed by atoms with Crippen LogP contribution in [0.2, 0.25) is 0 Å². The third-order valence-corrected chi connectivity index (χ3v) is 10.8. The van der Waals surface area contributed by atoms with Gasteiger partial charge in [0, 0.05) is 55.2 Å². The van der Waals surface area contributed by atoms with Gasteiger partial charge in [0.2, 0.25) is 5.91 Å². The lowest BCUT2D eigenvalue weighted by Gasteiger charge is -2.38. The van der Waals surface area contributed by atoms with Crippen LogP contribution in [0.25, 0.3) is 11.1 Å². The number of hydrogen-bond donors (Lipinski definition) is 0. The van der Waals surface area contributed by atoms with E-state index in [9.17, 15) is 9.59 Å². The first-order valence-corrected chi connectivity index (χ1v) is 18.0. The first-order valence-electron chi connectivity index (χ1n) is 18.0. The van der Waals surface area contributed by atoms with Crippen molar-refractivity contribution >= 4 is 17.8 Å². The van der Waals surface area contributed by atoms with Gasteiger partial charge in [0.15, 0.2) is 0 Å². The van der Waals surface area contributed by atoms with Crippen LogP contribution in [0.4, 0.5) is 10.6 Å². The fourth-order valence-corrected chi connectivity index (χ4v) is 7.53. The summed E-state index contributed by atoms with van der Waals surface area (Å²) < 4.78 is 18.3. The molecule has 2 aliphatic carbocycles.